The SMILES string of the molecule is CS(=O)(=O)Nc1ccc2c(c1)C(=O)N(CC(=O)OC(Cc1c(Cl)cncc1Cl)c1ccc(OC(F)F)c(OCC3CC3)c1)C2=O. The fourth-order valence-electron chi connectivity index (χ4n) is 4.61. The summed E-state index contributed by atoms with van der Waals surface area (Å²) in [6, 6.07) is 7.85. The Hall–Kier alpha value is -4.01. The quantitative estimate of drug-likeness (QED) is 0.188. The third-order valence-electron chi connectivity index (χ3n) is 6.90. The van der Waals surface area contributed by atoms with E-state index in [0.29, 0.717) is 16.0 Å². The second-order valence-corrected chi connectivity index (χ2v) is 13.0. The standard InChI is InChI=1S/C29H25Cl2F2N3O8S/c1-45(40,41)35-17-5-6-18-19(9-17)28(39)36(27(18)38)13-26(37)43-24(10-20-21(30)11-34-12-22(20)31)16-4-7-23(44-29(32)33)25(8-16)42-14-15-2-3-15/h4-9,11-12,15,24,29,35H,2-3,10,13-14H2,1H3. The lowest BCUT2D eigenvalue weighted by Gasteiger charge is -2.22. The number of ether oxygens (including phenoxy) is 3. The van der Waals surface area contributed by atoms with Crippen LogP contribution in [0.5, 0.6) is 11.5 Å². The minimum atomic E-state index is -3.66. The number of esters is 1. The molecule has 1 atom stereocenters. The highest BCUT2D eigenvalue weighted by molar-refractivity contribution is 7.92. The van der Waals surface area contributed by atoms with Crippen LogP contribution in [-0.4, -0.2) is 62.1 Å². The number of anilines is 1. The molecule has 238 valence electrons. The molecule has 0 saturated heterocycles. The summed E-state index contributed by atoms with van der Waals surface area (Å²) in [5.74, 6) is -2.52. The van der Waals surface area contributed by atoms with Gasteiger partial charge in [0.05, 0.1) is 34.0 Å². The first-order chi connectivity index (χ1) is 21.3. The van der Waals surface area contributed by atoms with Crippen molar-refractivity contribution in [2.24, 2.45) is 5.92 Å². The highest BCUT2D eigenvalue weighted by Crippen LogP contribution is 2.38. The van der Waals surface area contributed by atoms with E-state index < -0.39 is 47.1 Å². The molecule has 16 heteroatoms. The predicted octanol–water partition coefficient (Wildman–Crippen LogP) is 5.27. The van der Waals surface area contributed by atoms with E-state index in [0.717, 1.165) is 19.1 Å². The number of hydrogen-bond donors (Lipinski definition) is 1. The van der Waals surface area contributed by atoms with Crippen molar-refractivity contribution in [3.05, 3.63) is 81.1 Å². The van der Waals surface area contributed by atoms with Crippen LogP contribution >= 0.6 is 23.2 Å². The Labute approximate surface area is 266 Å². The summed E-state index contributed by atoms with van der Waals surface area (Å²) in [5, 5.41) is 0.343. The van der Waals surface area contributed by atoms with E-state index in [-0.39, 0.29) is 57.3 Å². The Kier molecular flexibility index (Phi) is 9.46. The number of aromatic nitrogens is 1. The summed E-state index contributed by atoms with van der Waals surface area (Å²) in [6.07, 6.45) is 4.27. The van der Waals surface area contributed by atoms with Gasteiger partial charge in [-0.25, -0.2) is 8.42 Å². The van der Waals surface area contributed by atoms with Crippen molar-refractivity contribution in [1.82, 2.24) is 9.88 Å². The molecule has 1 aliphatic carbocycles. The molecule has 0 spiro atoms. The van der Waals surface area contributed by atoms with Gasteiger partial charge in [-0.05, 0) is 60.2 Å². The number of hydrogen-bond acceptors (Lipinski definition) is 9. The van der Waals surface area contributed by atoms with Crippen molar-refractivity contribution >= 4 is 56.7 Å². The van der Waals surface area contributed by atoms with E-state index in [9.17, 15) is 31.6 Å². The normalized spacial score (nSPS) is 15.2. The molecule has 0 bridgehead atoms. The maximum atomic E-state index is 13.3. The zero-order valence-corrected chi connectivity index (χ0v) is 25.8. The Morgan fingerprint density at radius 3 is 2.38 bits per heavy atom. The second kappa shape index (κ2) is 13.2. The number of carbonyl (C=O) groups excluding carboxylic acids is 3. The lowest BCUT2D eigenvalue weighted by molar-refractivity contribution is -0.149. The number of pyridine rings is 1. The largest absolute Gasteiger partial charge is 0.489 e. The molecule has 5 rings (SSSR count). The number of halogens is 4. The van der Waals surface area contributed by atoms with Crippen LogP contribution in [0.3, 0.4) is 0 Å². The number of nitrogens with zero attached hydrogens (tertiary/aromatic N) is 2. The summed E-state index contributed by atoms with van der Waals surface area (Å²) in [5.41, 5.74) is 0.614. The van der Waals surface area contributed by atoms with Gasteiger partial charge < -0.3 is 14.2 Å². The third-order valence-corrected chi connectivity index (χ3v) is 8.16. The molecule has 2 aliphatic rings. The van der Waals surface area contributed by atoms with Gasteiger partial charge in [0.1, 0.15) is 12.6 Å². The van der Waals surface area contributed by atoms with Crippen LogP contribution in [0.15, 0.2) is 48.8 Å². The van der Waals surface area contributed by atoms with E-state index in [1.165, 1.54) is 48.8 Å². The van der Waals surface area contributed by atoms with Gasteiger partial charge in [0, 0.05) is 24.5 Å². The third kappa shape index (κ3) is 7.99. The van der Waals surface area contributed by atoms with Crippen LogP contribution < -0.4 is 14.2 Å². The Morgan fingerprint density at radius 2 is 1.73 bits per heavy atom. The van der Waals surface area contributed by atoms with E-state index in [1.54, 1.807) is 0 Å². The molecule has 2 amide bonds. The summed E-state index contributed by atoms with van der Waals surface area (Å²) in [6.45, 7) is -3.62. The zero-order valence-electron chi connectivity index (χ0n) is 23.5. The number of imide groups is 1. The number of nitrogens with one attached hydrogen (secondary N) is 1. The molecule has 2 aromatic carbocycles. The number of alkyl halides is 2. The fourth-order valence-corrected chi connectivity index (χ4v) is 5.68. The van der Waals surface area contributed by atoms with Crippen LogP contribution in [0.4, 0.5) is 14.5 Å². The number of sulfonamides is 1. The summed E-state index contributed by atoms with van der Waals surface area (Å²) < 4.78 is 67.8. The van der Waals surface area contributed by atoms with Gasteiger partial charge >= 0.3 is 12.6 Å². The van der Waals surface area contributed by atoms with Crippen molar-refractivity contribution < 1.29 is 45.8 Å². The average Bonchev–Trinajstić information content (AvgIpc) is 3.76. The monoisotopic (exact) mass is 683 g/mol. The average molecular weight is 685 g/mol. The molecule has 3 aromatic rings. The van der Waals surface area contributed by atoms with Crippen molar-refractivity contribution in [2.45, 2.75) is 32.0 Å². The Bertz CT molecular complexity index is 1750. The second-order valence-electron chi connectivity index (χ2n) is 10.4. The van der Waals surface area contributed by atoms with Gasteiger partial charge in [-0.2, -0.15) is 8.78 Å². The number of benzene rings is 2. The first kappa shape index (κ1) is 32.4. The lowest BCUT2D eigenvalue weighted by Crippen LogP contribution is -2.36. The topological polar surface area (TPSA) is 141 Å². The summed E-state index contributed by atoms with van der Waals surface area (Å²) in [4.78, 5) is 43.9. The van der Waals surface area contributed by atoms with E-state index in [4.69, 9.17) is 32.7 Å². The van der Waals surface area contributed by atoms with Crippen LogP contribution in [0.1, 0.15) is 50.8 Å². The lowest BCUT2D eigenvalue weighted by atomic mass is 10.0. The maximum Gasteiger partial charge on any atom is 0.387 e. The molecular formula is C29H25Cl2F2N3O8S. The molecule has 1 saturated carbocycles. The zero-order chi connectivity index (χ0) is 32.5. The van der Waals surface area contributed by atoms with Crippen molar-refractivity contribution in [3.63, 3.8) is 0 Å². The van der Waals surface area contributed by atoms with Crippen molar-refractivity contribution in [2.75, 3.05) is 24.1 Å². The number of fused-ring (bicyclic) bond motifs is 1. The van der Waals surface area contributed by atoms with Crippen LogP contribution in [0, 0.1) is 5.92 Å². The van der Waals surface area contributed by atoms with Crippen LogP contribution in [0.25, 0.3) is 0 Å². The van der Waals surface area contributed by atoms with Gasteiger partial charge in [-0.1, -0.05) is 29.3 Å². The van der Waals surface area contributed by atoms with E-state index in [2.05, 4.69) is 14.4 Å². The minimum Gasteiger partial charge on any atom is -0.489 e. The first-order valence-corrected chi connectivity index (χ1v) is 16.1. The highest BCUT2D eigenvalue weighted by Gasteiger charge is 2.38. The smallest absolute Gasteiger partial charge is 0.387 e. The minimum absolute atomic E-state index is 0.00604. The number of rotatable bonds is 13. The Balaban J connectivity index is 1.40. The van der Waals surface area contributed by atoms with Crippen LogP contribution in [0.2, 0.25) is 10.0 Å². The Morgan fingerprint density at radius 1 is 1.04 bits per heavy atom. The van der Waals surface area contributed by atoms with Crippen LogP contribution in [-0.2, 0) is 26.0 Å². The van der Waals surface area contributed by atoms with Gasteiger partial charge in [0.25, 0.3) is 11.8 Å². The molecule has 11 nitrogen and oxygen atoms in total. The molecule has 45 heavy (non-hydrogen) atoms. The fraction of sp³-hybridized carbons (Fsp3) is 0.310. The molecular weight excluding hydrogens is 659 g/mol. The van der Waals surface area contributed by atoms with Crippen molar-refractivity contribution in [3.8, 4) is 11.5 Å². The molecule has 0 radical (unpaired) electrons. The molecule has 1 N–H and O–H groups in total. The molecule has 1 aromatic heterocycles. The predicted molar refractivity (Wildman–Crippen MR) is 158 cm³/mol. The number of carbonyl (C=O) groups is 3. The highest BCUT2D eigenvalue weighted by atomic mass is 35.5. The van der Waals surface area contributed by atoms with Gasteiger partial charge in [-0.3, -0.25) is 29.0 Å². The van der Waals surface area contributed by atoms with E-state index >= 15 is 0 Å². The summed E-state index contributed by atoms with van der Waals surface area (Å²) >= 11 is 12.7. The van der Waals surface area contributed by atoms with E-state index in [1.807, 2.05) is 0 Å². The molecule has 1 unspecified atom stereocenters. The number of amides is 2. The van der Waals surface area contributed by atoms with Gasteiger partial charge in [0.15, 0.2) is 11.5 Å². The van der Waals surface area contributed by atoms with Crippen molar-refractivity contribution in [1.29, 1.82) is 0 Å². The molecule has 1 fully saturated rings. The maximum absolute atomic E-state index is 13.3. The first-order valence-electron chi connectivity index (χ1n) is 13.5. The molecule has 2 heterocycles. The van der Waals surface area contributed by atoms with Gasteiger partial charge in [-0.15, -0.1) is 0 Å². The molecule has 1 aliphatic heterocycles. The summed E-state index contributed by atoms with van der Waals surface area (Å²) in [7, 11) is -3.66. The van der Waals surface area contributed by atoms with Gasteiger partial charge in [0.2, 0.25) is 10.0 Å².